The van der Waals surface area contributed by atoms with Gasteiger partial charge in [-0.05, 0) is 49.1 Å². The normalized spacial score (nSPS) is 21.2. The molecule has 8 nitrogen and oxygen atoms in total. The highest BCUT2D eigenvalue weighted by molar-refractivity contribution is 5.78. The predicted octanol–water partition coefficient (Wildman–Crippen LogP) is 2.99. The first kappa shape index (κ1) is 23.1. The number of aliphatic hydroxyl groups is 1. The molecule has 0 radical (unpaired) electrons. The smallest absolute Gasteiger partial charge is 0.206 e. The third-order valence-corrected chi connectivity index (χ3v) is 6.62. The number of imidazole rings is 1. The summed E-state index contributed by atoms with van der Waals surface area (Å²) in [5, 5.41) is 16.4. The fraction of sp³-hybridized carbons (Fsp3) is 0.500. The monoisotopic (exact) mass is 465 g/mol. The van der Waals surface area contributed by atoms with Gasteiger partial charge in [-0.2, -0.15) is 0 Å². The summed E-state index contributed by atoms with van der Waals surface area (Å²) >= 11 is 0. The Hall–Kier alpha value is -2.65. The van der Waals surface area contributed by atoms with Gasteiger partial charge in [-0.1, -0.05) is 24.3 Å². The van der Waals surface area contributed by atoms with Gasteiger partial charge in [0, 0.05) is 39.3 Å². The van der Waals surface area contributed by atoms with Crippen molar-refractivity contribution in [2.45, 2.75) is 38.1 Å². The number of ether oxygens (including phenoxy) is 2. The minimum atomic E-state index is -0.127. The van der Waals surface area contributed by atoms with Crippen molar-refractivity contribution in [2.75, 3.05) is 51.3 Å². The third-order valence-electron chi connectivity index (χ3n) is 6.62. The molecule has 182 valence electrons. The lowest BCUT2D eigenvalue weighted by Crippen LogP contribution is -2.43. The third kappa shape index (κ3) is 5.52. The van der Waals surface area contributed by atoms with Crippen LogP contribution < -0.4 is 15.4 Å². The van der Waals surface area contributed by atoms with Gasteiger partial charge < -0.3 is 30.1 Å². The van der Waals surface area contributed by atoms with Crippen molar-refractivity contribution in [3.63, 3.8) is 0 Å². The molecule has 2 aliphatic heterocycles. The van der Waals surface area contributed by atoms with Gasteiger partial charge in [0.15, 0.2) is 0 Å². The summed E-state index contributed by atoms with van der Waals surface area (Å²) in [5.74, 6) is 1.69. The first-order valence-electron chi connectivity index (χ1n) is 12.4. The highest BCUT2D eigenvalue weighted by atomic mass is 16.5. The van der Waals surface area contributed by atoms with Crippen molar-refractivity contribution < 1.29 is 14.6 Å². The maximum atomic E-state index is 9.50. The van der Waals surface area contributed by atoms with Crippen molar-refractivity contribution in [3.05, 3.63) is 54.1 Å². The molecule has 0 unspecified atom stereocenters. The van der Waals surface area contributed by atoms with E-state index in [1.54, 1.807) is 0 Å². The molecule has 3 N–H and O–H groups in total. The van der Waals surface area contributed by atoms with Crippen LogP contribution in [0.5, 0.6) is 5.75 Å². The number of benzene rings is 2. The van der Waals surface area contributed by atoms with Crippen molar-refractivity contribution in [1.82, 2.24) is 19.8 Å². The van der Waals surface area contributed by atoms with Gasteiger partial charge in [-0.3, -0.25) is 4.57 Å². The topological polar surface area (TPSA) is 83.8 Å². The zero-order chi connectivity index (χ0) is 23.2. The lowest BCUT2D eigenvalue weighted by atomic mass is 10.2. The Morgan fingerprint density at radius 3 is 2.85 bits per heavy atom. The molecule has 2 aromatic carbocycles. The highest BCUT2D eigenvalue weighted by Gasteiger charge is 2.29. The minimum Gasteiger partial charge on any atom is -0.494 e. The molecule has 2 aliphatic rings. The summed E-state index contributed by atoms with van der Waals surface area (Å²) in [6.07, 6.45) is 2.50. The predicted molar refractivity (Wildman–Crippen MR) is 133 cm³/mol. The number of piperazine rings is 1. The second-order valence-corrected chi connectivity index (χ2v) is 9.06. The Morgan fingerprint density at radius 2 is 2.00 bits per heavy atom. The van der Waals surface area contributed by atoms with Crippen LogP contribution in [0.25, 0.3) is 11.0 Å². The maximum Gasteiger partial charge on any atom is 0.206 e. The van der Waals surface area contributed by atoms with Gasteiger partial charge in [-0.25, -0.2) is 4.98 Å². The van der Waals surface area contributed by atoms with Crippen LogP contribution in [0.15, 0.2) is 48.5 Å². The molecule has 0 bridgehead atoms. The number of aromatic nitrogens is 2. The summed E-state index contributed by atoms with van der Waals surface area (Å²) in [4.78, 5) is 7.31. The molecule has 8 heteroatoms. The largest absolute Gasteiger partial charge is 0.494 e. The van der Waals surface area contributed by atoms with E-state index in [0.717, 1.165) is 86.9 Å². The summed E-state index contributed by atoms with van der Waals surface area (Å²) in [5.41, 5.74) is 3.11. The number of nitrogens with zero attached hydrogens (tertiary/aromatic N) is 3. The Morgan fingerprint density at radius 1 is 1.12 bits per heavy atom. The number of nitrogens with one attached hydrogen (secondary N) is 2. The molecule has 3 aromatic rings. The van der Waals surface area contributed by atoms with Gasteiger partial charge >= 0.3 is 0 Å². The number of rotatable bonds is 10. The van der Waals surface area contributed by atoms with Gasteiger partial charge in [0.2, 0.25) is 5.95 Å². The maximum absolute atomic E-state index is 9.50. The van der Waals surface area contributed by atoms with Crippen LogP contribution in [0.3, 0.4) is 0 Å². The number of aliphatic hydroxyl groups excluding tert-OH is 1. The summed E-state index contributed by atoms with van der Waals surface area (Å²) < 4.78 is 14.2. The first-order valence-corrected chi connectivity index (χ1v) is 12.4. The SMILES string of the molecule is OC[C@@H]1CC[C@H](n2c(NCc3cccc(OCCCN4CCNCC4)c3)nc3ccccc32)O1. The number of fused-ring (bicyclic) bond motifs is 1. The van der Waals surface area contributed by atoms with E-state index in [0.29, 0.717) is 6.54 Å². The van der Waals surface area contributed by atoms with E-state index in [9.17, 15) is 5.11 Å². The van der Waals surface area contributed by atoms with E-state index >= 15 is 0 Å². The van der Waals surface area contributed by atoms with Crippen LogP contribution in [0.1, 0.15) is 31.1 Å². The van der Waals surface area contributed by atoms with Crippen LogP contribution in [-0.4, -0.2) is 71.6 Å². The number of anilines is 1. The molecule has 2 fully saturated rings. The summed E-state index contributed by atoms with van der Waals surface area (Å²) in [6.45, 7) is 6.90. The number of hydrogen-bond donors (Lipinski definition) is 3. The molecule has 0 amide bonds. The van der Waals surface area contributed by atoms with Gasteiger partial charge in [0.1, 0.15) is 12.0 Å². The first-order chi connectivity index (χ1) is 16.8. The van der Waals surface area contributed by atoms with Crippen LogP contribution in [0.4, 0.5) is 5.95 Å². The molecule has 3 heterocycles. The molecule has 2 atom stereocenters. The van der Waals surface area contributed by atoms with Crippen LogP contribution in [0.2, 0.25) is 0 Å². The molecule has 2 saturated heterocycles. The summed E-state index contributed by atoms with van der Waals surface area (Å²) in [7, 11) is 0. The van der Waals surface area contributed by atoms with Crippen molar-refractivity contribution in [2.24, 2.45) is 0 Å². The van der Waals surface area contributed by atoms with E-state index < -0.39 is 0 Å². The molecule has 1 aromatic heterocycles. The summed E-state index contributed by atoms with van der Waals surface area (Å²) in [6, 6.07) is 16.4. The van der Waals surface area contributed by atoms with E-state index in [1.807, 2.05) is 30.3 Å². The molecule has 0 saturated carbocycles. The molecular weight excluding hydrogens is 430 g/mol. The van der Waals surface area contributed by atoms with Crippen molar-refractivity contribution >= 4 is 17.0 Å². The van der Waals surface area contributed by atoms with E-state index in [2.05, 4.69) is 38.3 Å². The van der Waals surface area contributed by atoms with Crippen LogP contribution in [0, 0.1) is 0 Å². The van der Waals surface area contributed by atoms with Crippen LogP contribution in [-0.2, 0) is 11.3 Å². The van der Waals surface area contributed by atoms with Gasteiger partial charge in [0.05, 0.1) is 30.4 Å². The quantitative estimate of drug-likeness (QED) is 0.397. The highest BCUT2D eigenvalue weighted by Crippen LogP contribution is 2.34. The molecule has 34 heavy (non-hydrogen) atoms. The molecule has 0 spiro atoms. The fourth-order valence-corrected chi connectivity index (χ4v) is 4.81. The average Bonchev–Trinajstić information content (AvgIpc) is 3.50. The van der Waals surface area contributed by atoms with Crippen molar-refractivity contribution in [1.29, 1.82) is 0 Å². The van der Waals surface area contributed by atoms with Gasteiger partial charge in [-0.15, -0.1) is 0 Å². The Bertz CT molecular complexity index is 1070. The second kappa shape index (κ2) is 11.2. The molecule has 5 rings (SSSR count). The lowest BCUT2D eigenvalue weighted by molar-refractivity contribution is -0.0195. The minimum absolute atomic E-state index is 0.0495. The Kier molecular flexibility index (Phi) is 7.60. The Balaban J connectivity index is 1.20. The molecule has 0 aliphatic carbocycles. The van der Waals surface area contributed by atoms with Crippen LogP contribution >= 0.6 is 0 Å². The second-order valence-electron chi connectivity index (χ2n) is 9.06. The van der Waals surface area contributed by atoms with E-state index in [1.165, 1.54) is 0 Å². The fourth-order valence-electron chi connectivity index (χ4n) is 4.81. The zero-order valence-electron chi connectivity index (χ0n) is 19.7. The zero-order valence-corrected chi connectivity index (χ0v) is 19.7. The number of hydrogen-bond acceptors (Lipinski definition) is 7. The van der Waals surface area contributed by atoms with Crippen molar-refractivity contribution in [3.8, 4) is 5.75 Å². The van der Waals surface area contributed by atoms with Gasteiger partial charge in [0.25, 0.3) is 0 Å². The van der Waals surface area contributed by atoms with E-state index in [-0.39, 0.29) is 18.9 Å². The number of para-hydroxylation sites is 2. The average molecular weight is 466 g/mol. The standard InChI is InChI=1S/C26H35N5O3/c32-19-22-9-10-25(34-22)31-24-8-2-1-7-23(24)29-26(31)28-18-20-5-3-6-21(17-20)33-16-4-13-30-14-11-27-12-15-30/h1-3,5-8,17,22,25,27,32H,4,9-16,18-19H2,(H,28,29)/t22-,25+/m0/s1. The van der Waals surface area contributed by atoms with E-state index in [4.69, 9.17) is 14.5 Å². The Labute approximate surface area is 200 Å². The lowest BCUT2D eigenvalue weighted by Gasteiger charge is -2.26. The molecular formula is C26H35N5O3.